The van der Waals surface area contributed by atoms with Crippen LogP contribution in [0, 0.1) is 17.0 Å². The lowest BCUT2D eigenvalue weighted by Crippen LogP contribution is -2.15. The van der Waals surface area contributed by atoms with Crippen molar-refractivity contribution >= 4 is 17.5 Å². The second-order valence-electron chi connectivity index (χ2n) is 4.72. The minimum atomic E-state index is -0.522. The van der Waals surface area contributed by atoms with Gasteiger partial charge in [-0.1, -0.05) is 24.5 Å². The maximum Gasteiger partial charge on any atom is 0.273 e. The van der Waals surface area contributed by atoms with E-state index in [4.69, 9.17) is 0 Å². The van der Waals surface area contributed by atoms with Crippen LogP contribution in [0.25, 0.3) is 0 Å². The summed E-state index contributed by atoms with van der Waals surface area (Å²) in [5, 5.41) is 25.0. The number of hydrogen-bond acceptors (Lipinski definition) is 6. The third-order valence-corrected chi connectivity index (χ3v) is 3.14. The number of nitro groups is 1. The molecule has 1 heterocycles. The van der Waals surface area contributed by atoms with Crippen molar-refractivity contribution in [3.05, 3.63) is 39.4 Å². The van der Waals surface area contributed by atoms with Gasteiger partial charge in [-0.05, 0) is 24.6 Å². The largest absolute Gasteiger partial charge is 0.288 e. The van der Waals surface area contributed by atoms with Gasteiger partial charge in [0.05, 0.1) is 11.5 Å². The van der Waals surface area contributed by atoms with Gasteiger partial charge >= 0.3 is 0 Å². The molecule has 1 aromatic heterocycles. The van der Waals surface area contributed by atoms with E-state index in [1.54, 1.807) is 0 Å². The van der Waals surface area contributed by atoms with Crippen molar-refractivity contribution in [1.29, 1.82) is 0 Å². The number of amides is 1. The number of aryl methyl sites for hydroxylation is 1. The molecule has 1 aromatic carbocycles. The Hall–Kier alpha value is -2.84. The van der Waals surface area contributed by atoms with Crippen LogP contribution in [0.2, 0.25) is 0 Å². The number of carbonyl (C=O) groups is 1. The number of aromatic nitrogens is 4. The molecule has 0 bridgehead atoms. The summed E-state index contributed by atoms with van der Waals surface area (Å²) in [5.74, 6) is -0.428. The predicted octanol–water partition coefficient (Wildman–Crippen LogP) is 1.94. The Balaban J connectivity index is 2.14. The molecular formula is C13H16N6O3. The van der Waals surface area contributed by atoms with Gasteiger partial charge in [0.25, 0.3) is 17.5 Å². The number of hydrogen-bond donors (Lipinski definition) is 1. The monoisotopic (exact) mass is 304 g/mol. The van der Waals surface area contributed by atoms with Crippen LogP contribution >= 0.6 is 0 Å². The van der Waals surface area contributed by atoms with E-state index in [0.29, 0.717) is 12.1 Å². The van der Waals surface area contributed by atoms with E-state index in [1.165, 1.54) is 29.9 Å². The molecule has 0 atom stereocenters. The number of anilines is 1. The number of benzene rings is 1. The lowest BCUT2D eigenvalue weighted by molar-refractivity contribution is -0.385. The number of carbonyl (C=O) groups excluding carboxylic acids is 1. The second kappa shape index (κ2) is 6.74. The SMILES string of the molecule is CCCCn1nnc(NC(=O)c2cccc([N+](=O)[O-])c2C)n1. The molecule has 0 aliphatic heterocycles. The van der Waals surface area contributed by atoms with Gasteiger partial charge in [0.2, 0.25) is 0 Å². The van der Waals surface area contributed by atoms with Crippen LogP contribution < -0.4 is 5.32 Å². The van der Waals surface area contributed by atoms with Gasteiger partial charge in [-0.2, -0.15) is 4.80 Å². The standard InChI is InChI=1S/C13H16N6O3/c1-3-4-8-18-16-13(15-17-18)14-12(20)10-6-5-7-11(9(10)2)19(21)22/h5-7H,3-4,8H2,1-2H3,(H,14,16,20). The van der Waals surface area contributed by atoms with Crippen LogP contribution in [0.1, 0.15) is 35.7 Å². The van der Waals surface area contributed by atoms with Gasteiger partial charge < -0.3 is 0 Å². The summed E-state index contributed by atoms with van der Waals surface area (Å²) in [6.45, 7) is 4.19. The van der Waals surface area contributed by atoms with Gasteiger partial charge in [0.15, 0.2) is 0 Å². The highest BCUT2D eigenvalue weighted by molar-refractivity contribution is 6.04. The summed E-state index contributed by atoms with van der Waals surface area (Å²) in [5.41, 5.74) is 0.398. The Bertz CT molecular complexity index is 697. The Kier molecular flexibility index (Phi) is 4.77. The van der Waals surface area contributed by atoms with Crippen molar-refractivity contribution in [3.63, 3.8) is 0 Å². The molecule has 1 N–H and O–H groups in total. The van der Waals surface area contributed by atoms with Gasteiger partial charge in [-0.15, -0.1) is 5.10 Å². The Morgan fingerprint density at radius 3 is 2.91 bits per heavy atom. The molecule has 1 amide bonds. The van der Waals surface area contributed by atoms with Crippen LogP contribution in [-0.2, 0) is 6.54 Å². The van der Waals surface area contributed by atoms with Crippen molar-refractivity contribution in [2.75, 3.05) is 5.32 Å². The fraction of sp³-hybridized carbons (Fsp3) is 0.385. The number of nitrogens with one attached hydrogen (secondary N) is 1. The summed E-state index contributed by atoms with van der Waals surface area (Å²) in [7, 11) is 0. The van der Waals surface area contributed by atoms with Crippen LogP contribution in [0.3, 0.4) is 0 Å². The molecule has 0 unspecified atom stereocenters. The summed E-state index contributed by atoms with van der Waals surface area (Å²) in [6, 6.07) is 4.33. The van der Waals surface area contributed by atoms with E-state index < -0.39 is 10.8 Å². The van der Waals surface area contributed by atoms with Gasteiger partial charge in [0.1, 0.15) is 0 Å². The van der Waals surface area contributed by atoms with Crippen LogP contribution in [0.4, 0.5) is 11.6 Å². The van der Waals surface area contributed by atoms with Crippen LogP contribution in [0.15, 0.2) is 18.2 Å². The Morgan fingerprint density at radius 1 is 1.45 bits per heavy atom. The van der Waals surface area contributed by atoms with Crippen LogP contribution in [0.5, 0.6) is 0 Å². The Labute approximate surface area is 126 Å². The number of unbranched alkanes of at least 4 members (excludes halogenated alkanes) is 1. The molecule has 0 radical (unpaired) electrons. The third kappa shape index (κ3) is 3.43. The zero-order chi connectivity index (χ0) is 16.1. The first-order chi connectivity index (χ1) is 10.5. The van der Waals surface area contributed by atoms with Crippen LogP contribution in [-0.4, -0.2) is 31.0 Å². The fourth-order valence-corrected chi connectivity index (χ4v) is 1.92. The molecule has 0 aliphatic carbocycles. The average Bonchev–Trinajstić information content (AvgIpc) is 2.92. The lowest BCUT2D eigenvalue weighted by Gasteiger charge is -2.05. The quantitative estimate of drug-likeness (QED) is 0.644. The Morgan fingerprint density at radius 2 is 2.23 bits per heavy atom. The normalized spacial score (nSPS) is 10.5. The molecule has 22 heavy (non-hydrogen) atoms. The maximum absolute atomic E-state index is 12.2. The molecular weight excluding hydrogens is 288 g/mol. The maximum atomic E-state index is 12.2. The first-order valence-corrected chi connectivity index (χ1v) is 6.86. The summed E-state index contributed by atoms with van der Waals surface area (Å²) in [4.78, 5) is 24.0. The highest BCUT2D eigenvalue weighted by Crippen LogP contribution is 2.21. The molecule has 0 fully saturated rings. The van der Waals surface area contributed by atoms with E-state index in [-0.39, 0.29) is 17.2 Å². The highest BCUT2D eigenvalue weighted by atomic mass is 16.6. The second-order valence-corrected chi connectivity index (χ2v) is 4.72. The minimum Gasteiger partial charge on any atom is -0.288 e. The number of nitrogens with zero attached hydrogens (tertiary/aromatic N) is 5. The highest BCUT2D eigenvalue weighted by Gasteiger charge is 2.19. The van der Waals surface area contributed by atoms with Gasteiger partial charge in [-0.3, -0.25) is 20.2 Å². The van der Waals surface area contributed by atoms with E-state index in [0.717, 1.165) is 12.8 Å². The molecule has 116 valence electrons. The van der Waals surface area contributed by atoms with Crippen molar-refractivity contribution in [3.8, 4) is 0 Å². The van der Waals surface area contributed by atoms with Crippen molar-refractivity contribution in [2.24, 2.45) is 0 Å². The van der Waals surface area contributed by atoms with Crippen molar-refractivity contribution in [1.82, 2.24) is 20.2 Å². The molecule has 0 saturated carbocycles. The lowest BCUT2D eigenvalue weighted by atomic mass is 10.1. The van der Waals surface area contributed by atoms with E-state index in [2.05, 4.69) is 20.7 Å². The molecule has 0 aliphatic rings. The minimum absolute atomic E-state index is 0.0759. The number of nitro benzene ring substituents is 1. The molecule has 9 heteroatoms. The zero-order valence-electron chi connectivity index (χ0n) is 12.3. The summed E-state index contributed by atoms with van der Waals surface area (Å²) >= 11 is 0. The van der Waals surface area contributed by atoms with Gasteiger partial charge in [-0.25, -0.2) is 0 Å². The molecule has 0 spiro atoms. The number of tetrazole rings is 1. The average molecular weight is 304 g/mol. The predicted molar refractivity (Wildman–Crippen MR) is 78.5 cm³/mol. The fourth-order valence-electron chi connectivity index (χ4n) is 1.92. The van der Waals surface area contributed by atoms with E-state index in [9.17, 15) is 14.9 Å². The third-order valence-electron chi connectivity index (χ3n) is 3.14. The first kappa shape index (κ1) is 15.5. The summed E-state index contributed by atoms with van der Waals surface area (Å²) in [6.07, 6.45) is 1.91. The van der Waals surface area contributed by atoms with Crippen molar-refractivity contribution in [2.45, 2.75) is 33.2 Å². The molecule has 2 rings (SSSR count). The number of rotatable bonds is 6. The molecule has 9 nitrogen and oxygen atoms in total. The summed E-state index contributed by atoms with van der Waals surface area (Å²) < 4.78 is 0. The topological polar surface area (TPSA) is 116 Å². The van der Waals surface area contributed by atoms with Crippen molar-refractivity contribution < 1.29 is 9.72 Å². The zero-order valence-corrected chi connectivity index (χ0v) is 12.3. The smallest absolute Gasteiger partial charge is 0.273 e. The van der Waals surface area contributed by atoms with Gasteiger partial charge in [0, 0.05) is 17.2 Å². The molecule has 0 saturated heterocycles. The van der Waals surface area contributed by atoms with E-state index in [1.807, 2.05) is 6.92 Å². The van der Waals surface area contributed by atoms with E-state index >= 15 is 0 Å². The molecule has 2 aromatic rings. The first-order valence-electron chi connectivity index (χ1n) is 6.86.